The highest BCUT2D eigenvalue weighted by Gasteiger charge is 2.20. The summed E-state index contributed by atoms with van der Waals surface area (Å²) in [5, 5.41) is 3.36. The molecular formula is C17H23N5. The summed E-state index contributed by atoms with van der Waals surface area (Å²) in [4.78, 5) is 11.1. The molecule has 22 heavy (non-hydrogen) atoms. The van der Waals surface area contributed by atoms with Crippen LogP contribution in [0.1, 0.15) is 18.4 Å². The Kier molecular flexibility index (Phi) is 4.85. The van der Waals surface area contributed by atoms with Crippen LogP contribution in [-0.4, -0.2) is 29.6 Å². The van der Waals surface area contributed by atoms with Gasteiger partial charge in [0.15, 0.2) is 0 Å². The second-order valence-corrected chi connectivity index (χ2v) is 5.79. The second kappa shape index (κ2) is 7.22. The van der Waals surface area contributed by atoms with Crippen molar-refractivity contribution >= 4 is 11.6 Å². The summed E-state index contributed by atoms with van der Waals surface area (Å²) >= 11 is 0. The van der Waals surface area contributed by atoms with E-state index in [0.717, 1.165) is 37.8 Å². The van der Waals surface area contributed by atoms with Crippen LogP contribution in [-0.2, 0) is 6.54 Å². The fourth-order valence-corrected chi connectivity index (χ4v) is 2.87. The van der Waals surface area contributed by atoms with Gasteiger partial charge in [0.1, 0.15) is 18.0 Å². The van der Waals surface area contributed by atoms with Crippen LogP contribution in [0.2, 0.25) is 0 Å². The SMILES string of the molecule is NCC1CCCN(c2cc(NCc3ccccc3)ncn2)C1. The Hall–Kier alpha value is -2.14. The highest BCUT2D eigenvalue weighted by Crippen LogP contribution is 2.22. The molecule has 1 aliphatic heterocycles. The van der Waals surface area contributed by atoms with Gasteiger partial charge in [0.2, 0.25) is 0 Å². The number of benzene rings is 1. The topological polar surface area (TPSA) is 67.1 Å². The molecule has 1 saturated heterocycles. The molecule has 0 spiro atoms. The third kappa shape index (κ3) is 3.74. The van der Waals surface area contributed by atoms with Crippen LogP contribution in [0.25, 0.3) is 0 Å². The Morgan fingerprint density at radius 3 is 2.91 bits per heavy atom. The van der Waals surface area contributed by atoms with Crippen molar-refractivity contribution in [1.29, 1.82) is 0 Å². The number of nitrogens with one attached hydrogen (secondary N) is 1. The molecule has 116 valence electrons. The Balaban J connectivity index is 1.64. The van der Waals surface area contributed by atoms with Crippen molar-refractivity contribution in [2.45, 2.75) is 19.4 Å². The number of hydrogen-bond acceptors (Lipinski definition) is 5. The Bertz CT molecular complexity index is 587. The summed E-state index contributed by atoms with van der Waals surface area (Å²) in [6, 6.07) is 12.3. The molecule has 0 amide bonds. The summed E-state index contributed by atoms with van der Waals surface area (Å²) in [5.41, 5.74) is 7.05. The predicted octanol–water partition coefficient (Wildman–Crippen LogP) is 2.26. The van der Waals surface area contributed by atoms with E-state index in [0.29, 0.717) is 5.92 Å². The molecule has 1 aromatic heterocycles. The molecule has 1 aliphatic rings. The zero-order chi connectivity index (χ0) is 15.2. The first-order chi connectivity index (χ1) is 10.8. The smallest absolute Gasteiger partial charge is 0.134 e. The highest BCUT2D eigenvalue weighted by atomic mass is 15.2. The van der Waals surface area contributed by atoms with Crippen molar-refractivity contribution < 1.29 is 0 Å². The van der Waals surface area contributed by atoms with E-state index >= 15 is 0 Å². The molecule has 0 aliphatic carbocycles. The normalized spacial score (nSPS) is 18.2. The predicted molar refractivity (Wildman–Crippen MR) is 89.8 cm³/mol. The van der Waals surface area contributed by atoms with E-state index in [1.807, 2.05) is 24.3 Å². The fraction of sp³-hybridized carbons (Fsp3) is 0.412. The van der Waals surface area contributed by atoms with Gasteiger partial charge in [0, 0.05) is 25.7 Å². The minimum absolute atomic E-state index is 0.574. The summed E-state index contributed by atoms with van der Waals surface area (Å²) in [6.07, 6.45) is 4.03. The van der Waals surface area contributed by atoms with E-state index in [4.69, 9.17) is 5.73 Å². The lowest BCUT2D eigenvalue weighted by atomic mass is 9.98. The summed E-state index contributed by atoms with van der Waals surface area (Å²) < 4.78 is 0. The third-order valence-corrected chi connectivity index (χ3v) is 4.15. The van der Waals surface area contributed by atoms with Gasteiger partial charge in [-0.15, -0.1) is 0 Å². The number of nitrogens with two attached hydrogens (primary N) is 1. The van der Waals surface area contributed by atoms with Crippen molar-refractivity contribution in [1.82, 2.24) is 9.97 Å². The van der Waals surface area contributed by atoms with Gasteiger partial charge in [-0.1, -0.05) is 30.3 Å². The van der Waals surface area contributed by atoms with Gasteiger partial charge in [0.25, 0.3) is 0 Å². The number of piperidine rings is 1. The Morgan fingerprint density at radius 1 is 1.23 bits per heavy atom. The fourth-order valence-electron chi connectivity index (χ4n) is 2.87. The van der Waals surface area contributed by atoms with Crippen LogP contribution < -0.4 is 16.0 Å². The molecule has 3 rings (SSSR count). The minimum atomic E-state index is 0.574. The lowest BCUT2D eigenvalue weighted by Crippen LogP contribution is -2.38. The second-order valence-electron chi connectivity index (χ2n) is 5.79. The molecule has 0 bridgehead atoms. The van der Waals surface area contributed by atoms with Gasteiger partial charge in [-0.05, 0) is 30.9 Å². The largest absolute Gasteiger partial charge is 0.366 e. The third-order valence-electron chi connectivity index (χ3n) is 4.15. The van der Waals surface area contributed by atoms with Crippen LogP contribution in [0.4, 0.5) is 11.6 Å². The van der Waals surface area contributed by atoms with Gasteiger partial charge < -0.3 is 16.0 Å². The van der Waals surface area contributed by atoms with Gasteiger partial charge >= 0.3 is 0 Å². The van der Waals surface area contributed by atoms with Gasteiger partial charge in [0.05, 0.1) is 0 Å². The van der Waals surface area contributed by atoms with Crippen molar-refractivity contribution in [3.8, 4) is 0 Å². The molecule has 5 nitrogen and oxygen atoms in total. The highest BCUT2D eigenvalue weighted by molar-refractivity contribution is 5.49. The number of aromatic nitrogens is 2. The zero-order valence-corrected chi connectivity index (χ0v) is 12.8. The van der Waals surface area contributed by atoms with Crippen LogP contribution >= 0.6 is 0 Å². The molecule has 1 unspecified atom stereocenters. The lowest BCUT2D eigenvalue weighted by molar-refractivity contribution is 0.421. The molecule has 1 aromatic carbocycles. The van der Waals surface area contributed by atoms with Gasteiger partial charge in [-0.3, -0.25) is 0 Å². The molecule has 1 atom stereocenters. The van der Waals surface area contributed by atoms with Gasteiger partial charge in [-0.2, -0.15) is 0 Å². The average molecular weight is 297 g/mol. The Labute approximate surface area is 131 Å². The van der Waals surface area contributed by atoms with E-state index in [9.17, 15) is 0 Å². The molecule has 1 fully saturated rings. The van der Waals surface area contributed by atoms with E-state index in [1.54, 1.807) is 6.33 Å². The monoisotopic (exact) mass is 297 g/mol. The van der Waals surface area contributed by atoms with Gasteiger partial charge in [-0.25, -0.2) is 9.97 Å². The zero-order valence-electron chi connectivity index (χ0n) is 12.8. The average Bonchev–Trinajstić information content (AvgIpc) is 2.61. The molecule has 3 N–H and O–H groups in total. The van der Waals surface area contributed by atoms with E-state index in [2.05, 4.69) is 32.3 Å². The van der Waals surface area contributed by atoms with E-state index < -0.39 is 0 Å². The quantitative estimate of drug-likeness (QED) is 0.886. The first-order valence-electron chi connectivity index (χ1n) is 7.90. The standard InChI is InChI=1S/C17H23N5/c18-10-15-7-4-8-22(12-15)17-9-16(20-13-21-17)19-11-14-5-2-1-3-6-14/h1-3,5-6,9,13,15H,4,7-8,10-12,18H2,(H,19,20,21). The maximum Gasteiger partial charge on any atom is 0.134 e. The van der Waals surface area contributed by atoms with Crippen molar-refractivity contribution in [2.24, 2.45) is 11.7 Å². The van der Waals surface area contributed by atoms with E-state index in [-0.39, 0.29) is 0 Å². The first kappa shape index (κ1) is 14.8. The van der Waals surface area contributed by atoms with Crippen LogP contribution in [0.5, 0.6) is 0 Å². The first-order valence-corrected chi connectivity index (χ1v) is 7.90. The lowest BCUT2D eigenvalue weighted by Gasteiger charge is -2.33. The molecule has 0 radical (unpaired) electrons. The van der Waals surface area contributed by atoms with E-state index in [1.165, 1.54) is 18.4 Å². The Morgan fingerprint density at radius 2 is 2.09 bits per heavy atom. The number of hydrogen-bond donors (Lipinski definition) is 2. The molecule has 2 heterocycles. The number of rotatable bonds is 5. The molecule has 2 aromatic rings. The minimum Gasteiger partial charge on any atom is -0.366 e. The number of anilines is 2. The maximum absolute atomic E-state index is 5.81. The van der Waals surface area contributed by atoms with Crippen molar-refractivity contribution in [3.05, 3.63) is 48.3 Å². The van der Waals surface area contributed by atoms with Crippen LogP contribution in [0.15, 0.2) is 42.7 Å². The summed E-state index contributed by atoms with van der Waals surface area (Å²) in [7, 11) is 0. The summed E-state index contributed by atoms with van der Waals surface area (Å²) in [5.74, 6) is 2.43. The molecule has 5 heteroatoms. The van der Waals surface area contributed by atoms with Crippen molar-refractivity contribution in [3.63, 3.8) is 0 Å². The maximum atomic E-state index is 5.81. The van der Waals surface area contributed by atoms with Crippen LogP contribution in [0.3, 0.4) is 0 Å². The molecule has 0 saturated carbocycles. The van der Waals surface area contributed by atoms with Crippen molar-refractivity contribution in [2.75, 3.05) is 29.9 Å². The summed E-state index contributed by atoms with van der Waals surface area (Å²) in [6.45, 7) is 3.56. The number of nitrogens with zero attached hydrogens (tertiary/aromatic N) is 3. The molecular weight excluding hydrogens is 274 g/mol. The van der Waals surface area contributed by atoms with Crippen LogP contribution in [0, 0.1) is 5.92 Å².